The van der Waals surface area contributed by atoms with Gasteiger partial charge in [-0.2, -0.15) is 9.44 Å². The molecule has 0 radical (unpaired) electrons. The van der Waals surface area contributed by atoms with Gasteiger partial charge in [0.1, 0.15) is 12.2 Å². The van der Waals surface area contributed by atoms with E-state index in [4.69, 9.17) is 21.5 Å². The molecule has 3 heterocycles. The van der Waals surface area contributed by atoms with Crippen LogP contribution in [0.25, 0.3) is 10.1 Å². The van der Waals surface area contributed by atoms with Crippen LogP contribution in [0.5, 0.6) is 0 Å². The highest BCUT2D eigenvalue weighted by molar-refractivity contribution is 7.13. The van der Waals surface area contributed by atoms with Gasteiger partial charge in [-0.25, -0.2) is 0 Å². The van der Waals surface area contributed by atoms with Crippen LogP contribution in [0.15, 0.2) is 36.4 Å². The molecule has 0 saturated carbocycles. The van der Waals surface area contributed by atoms with Crippen molar-refractivity contribution in [3.8, 4) is 0 Å². The summed E-state index contributed by atoms with van der Waals surface area (Å²) in [5, 5.41) is 11.8. The van der Waals surface area contributed by atoms with Crippen LogP contribution in [-0.2, 0) is 27.3 Å². The molecule has 0 atom stereocenters. The van der Waals surface area contributed by atoms with Gasteiger partial charge in [-0.3, -0.25) is 19.3 Å². The van der Waals surface area contributed by atoms with E-state index in [2.05, 4.69) is 32.4 Å². The van der Waals surface area contributed by atoms with Gasteiger partial charge < -0.3 is 10.0 Å². The Morgan fingerprint density at radius 1 is 1.15 bits per heavy atom. The molecule has 2 aliphatic rings. The average molecular weight is 501 g/mol. The second-order valence-corrected chi connectivity index (χ2v) is 9.71. The van der Waals surface area contributed by atoms with Crippen molar-refractivity contribution in [3.05, 3.63) is 52.5 Å². The number of benzene rings is 2. The largest absolute Gasteiger partial charge is 0.481 e. The fraction of sp³-hybridized carbons (Fsp3) is 0.375. The highest BCUT2D eigenvalue weighted by atomic mass is 35.5. The van der Waals surface area contributed by atoms with Crippen molar-refractivity contribution in [1.29, 1.82) is 0 Å². The third kappa shape index (κ3) is 4.74. The van der Waals surface area contributed by atoms with Crippen molar-refractivity contribution in [1.82, 2.24) is 9.27 Å². The number of amides is 1. The molecule has 2 aliphatic heterocycles. The van der Waals surface area contributed by atoms with Gasteiger partial charge >= 0.3 is 5.97 Å². The van der Waals surface area contributed by atoms with E-state index in [0.717, 1.165) is 61.2 Å². The Kier molecular flexibility index (Phi) is 6.69. The zero-order valence-electron chi connectivity index (χ0n) is 18.6. The molecule has 2 aromatic carbocycles. The lowest BCUT2D eigenvalue weighted by Gasteiger charge is -2.35. The molecule has 10 heteroatoms. The first-order valence-corrected chi connectivity index (χ1v) is 12.5. The maximum absolute atomic E-state index is 12.2. The fourth-order valence-corrected chi connectivity index (χ4v) is 5.57. The molecule has 34 heavy (non-hydrogen) atoms. The van der Waals surface area contributed by atoms with Crippen LogP contribution in [0.4, 0.5) is 11.5 Å². The molecular formula is C24H25ClN4O4S. The number of aliphatic carboxylic acids is 1. The number of anilines is 2. The Balaban J connectivity index is 1.21. The third-order valence-corrected chi connectivity index (χ3v) is 7.48. The number of aromatic nitrogens is 1. The van der Waals surface area contributed by atoms with E-state index in [1.165, 1.54) is 10.1 Å². The molecule has 1 aromatic heterocycles. The van der Waals surface area contributed by atoms with Gasteiger partial charge in [-0.05, 0) is 47.3 Å². The van der Waals surface area contributed by atoms with Crippen molar-refractivity contribution in [2.24, 2.45) is 0 Å². The molecule has 8 nitrogen and oxygen atoms in total. The van der Waals surface area contributed by atoms with Crippen molar-refractivity contribution >= 4 is 56.6 Å². The van der Waals surface area contributed by atoms with Gasteiger partial charge in [0, 0.05) is 49.6 Å². The molecule has 1 amide bonds. The molecule has 1 saturated heterocycles. The van der Waals surface area contributed by atoms with Crippen molar-refractivity contribution in [2.45, 2.75) is 19.3 Å². The van der Waals surface area contributed by atoms with E-state index in [9.17, 15) is 9.59 Å². The minimum Gasteiger partial charge on any atom is -0.481 e. The molecule has 1 fully saturated rings. The zero-order chi connectivity index (χ0) is 23.7. The van der Waals surface area contributed by atoms with Crippen molar-refractivity contribution in [2.75, 3.05) is 49.3 Å². The first-order chi connectivity index (χ1) is 16.5. The number of carboxylic acid groups (broad SMARTS) is 1. The highest BCUT2D eigenvalue weighted by Gasteiger charge is 2.27. The Labute approximate surface area is 206 Å². The Hall–Kier alpha value is -2.72. The maximum atomic E-state index is 12.2. The number of fused-ring (bicyclic) bond motifs is 2. The number of carbonyl (C=O) groups is 2. The molecular weight excluding hydrogens is 476 g/mol. The summed E-state index contributed by atoms with van der Waals surface area (Å²) < 4.78 is 5.90. The van der Waals surface area contributed by atoms with E-state index < -0.39 is 18.3 Å². The quantitative estimate of drug-likeness (QED) is 0.517. The van der Waals surface area contributed by atoms with Crippen LogP contribution >= 0.6 is 23.1 Å². The number of halogens is 1. The molecule has 178 valence electrons. The number of carboxylic acids is 1. The summed E-state index contributed by atoms with van der Waals surface area (Å²) in [5.74, 6) is -0.711. The summed E-state index contributed by atoms with van der Waals surface area (Å²) in [6.07, 6.45) is 0.827. The lowest BCUT2D eigenvalue weighted by Crippen LogP contribution is -2.47. The van der Waals surface area contributed by atoms with Crippen LogP contribution in [0, 0.1) is 0 Å². The summed E-state index contributed by atoms with van der Waals surface area (Å²) >= 11 is 8.11. The van der Waals surface area contributed by atoms with Crippen molar-refractivity contribution < 1.29 is 19.5 Å². The monoisotopic (exact) mass is 500 g/mol. The Bertz CT molecular complexity index is 1220. The van der Waals surface area contributed by atoms with E-state index in [0.29, 0.717) is 23.7 Å². The number of piperazine rings is 1. The van der Waals surface area contributed by atoms with Crippen LogP contribution < -0.4 is 9.96 Å². The highest BCUT2D eigenvalue weighted by Crippen LogP contribution is 2.33. The van der Waals surface area contributed by atoms with Gasteiger partial charge in [-0.1, -0.05) is 29.8 Å². The molecule has 5 rings (SSSR count). The predicted molar refractivity (Wildman–Crippen MR) is 133 cm³/mol. The van der Waals surface area contributed by atoms with Gasteiger partial charge in [0.25, 0.3) is 5.91 Å². The lowest BCUT2D eigenvalue weighted by atomic mass is 10.0. The molecule has 0 spiro atoms. The molecule has 0 bridgehead atoms. The van der Waals surface area contributed by atoms with Crippen LogP contribution in [0.3, 0.4) is 0 Å². The van der Waals surface area contributed by atoms with Gasteiger partial charge in [0.05, 0.1) is 17.0 Å². The SMILES string of the molecule is O=C(O)CC(=O)N1OCCc2cc(CCN3CCN(c4nsc5ccccc45)CC3)c(Cl)cc21. The Morgan fingerprint density at radius 3 is 2.74 bits per heavy atom. The van der Waals surface area contributed by atoms with Crippen LogP contribution in [0.1, 0.15) is 17.5 Å². The van der Waals surface area contributed by atoms with Crippen molar-refractivity contribution in [3.63, 3.8) is 0 Å². The molecule has 1 N–H and O–H groups in total. The molecule has 0 aliphatic carbocycles. The normalized spacial score (nSPS) is 16.6. The summed E-state index contributed by atoms with van der Waals surface area (Å²) in [4.78, 5) is 33.4. The first-order valence-electron chi connectivity index (χ1n) is 11.3. The molecule has 3 aromatic rings. The fourth-order valence-electron chi connectivity index (χ4n) is 4.53. The number of hydrogen-bond acceptors (Lipinski definition) is 7. The van der Waals surface area contributed by atoms with E-state index in [1.807, 2.05) is 12.1 Å². The predicted octanol–water partition coefficient (Wildman–Crippen LogP) is 3.61. The minimum absolute atomic E-state index is 0.326. The Morgan fingerprint density at radius 2 is 1.94 bits per heavy atom. The average Bonchev–Trinajstić information content (AvgIpc) is 3.26. The van der Waals surface area contributed by atoms with E-state index >= 15 is 0 Å². The molecule has 0 unspecified atom stereocenters. The summed E-state index contributed by atoms with van der Waals surface area (Å²) in [6.45, 7) is 5.00. The zero-order valence-corrected chi connectivity index (χ0v) is 20.1. The maximum Gasteiger partial charge on any atom is 0.312 e. The number of nitrogens with zero attached hydrogens (tertiary/aromatic N) is 4. The van der Waals surface area contributed by atoms with Gasteiger partial charge in [0.15, 0.2) is 0 Å². The smallest absolute Gasteiger partial charge is 0.312 e. The summed E-state index contributed by atoms with van der Waals surface area (Å²) in [6, 6.07) is 12.1. The minimum atomic E-state index is -1.19. The van der Waals surface area contributed by atoms with Crippen LogP contribution in [-0.4, -0.2) is 65.6 Å². The number of carbonyl (C=O) groups excluding carboxylic acids is 1. The standard InChI is InChI=1S/C24H25ClN4O4S/c25-19-14-20-17(6-12-33-29(20)22(30)15-23(31)32)13-16(19)5-7-27-8-10-28(11-9-27)24-18-3-1-2-4-21(18)34-26-24/h1-4,13-14H,5-12,15H2,(H,31,32). The number of hydroxylamine groups is 1. The summed E-state index contributed by atoms with van der Waals surface area (Å²) in [5.41, 5.74) is 2.51. The second-order valence-electron chi connectivity index (χ2n) is 8.50. The second kappa shape index (κ2) is 9.87. The van der Waals surface area contributed by atoms with Crippen LogP contribution in [0.2, 0.25) is 5.02 Å². The van der Waals surface area contributed by atoms with E-state index in [1.54, 1.807) is 17.6 Å². The third-order valence-electron chi connectivity index (χ3n) is 6.31. The van der Waals surface area contributed by atoms with Gasteiger partial charge in [-0.15, -0.1) is 0 Å². The topological polar surface area (TPSA) is 86.2 Å². The number of hydrogen-bond donors (Lipinski definition) is 1. The first kappa shape index (κ1) is 23.0. The summed E-state index contributed by atoms with van der Waals surface area (Å²) in [7, 11) is 0. The number of rotatable bonds is 6. The van der Waals surface area contributed by atoms with E-state index in [-0.39, 0.29) is 0 Å². The lowest BCUT2D eigenvalue weighted by molar-refractivity contribution is -0.142. The van der Waals surface area contributed by atoms with Gasteiger partial charge in [0.2, 0.25) is 0 Å².